The van der Waals surface area contributed by atoms with Gasteiger partial charge in [-0.25, -0.2) is 18.3 Å². The van der Waals surface area contributed by atoms with E-state index < -0.39 is 18.0 Å². The largest absolute Gasteiger partial charge is 0.382 e. The van der Waals surface area contributed by atoms with Crippen molar-refractivity contribution in [3.8, 4) is 0 Å². The van der Waals surface area contributed by atoms with Gasteiger partial charge in [-0.15, -0.1) is 5.10 Å². The van der Waals surface area contributed by atoms with E-state index in [2.05, 4.69) is 20.4 Å². The third kappa shape index (κ3) is 3.77. The van der Waals surface area contributed by atoms with Crippen molar-refractivity contribution in [3.05, 3.63) is 47.2 Å². The number of carbonyl (C=O) groups excluding carboxylic acids is 1. The maximum Gasteiger partial charge on any atom is 0.207 e. The zero-order valence-corrected chi connectivity index (χ0v) is 16.6. The van der Waals surface area contributed by atoms with Gasteiger partial charge in [-0.1, -0.05) is 0 Å². The van der Waals surface area contributed by atoms with Crippen LogP contribution in [0.3, 0.4) is 0 Å². The second kappa shape index (κ2) is 8.21. The molecule has 0 radical (unpaired) electrons. The first-order valence-corrected chi connectivity index (χ1v) is 9.81. The smallest absolute Gasteiger partial charge is 0.207 e. The van der Waals surface area contributed by atoms with Crippen LogP contribution < -0.4 is 16.0 Å². The molecule has 10 heteroatoms. The third-order valence-corrected chi connectivity index (χ3v) is 5.43. The van der Waals surface area contributed by atoms with Crippen LogP contribution in [0.5, 0.6) is 0 Å². The molecule has 1 amide bonds. The summed E-state index contributed by atoms with van der Waals surface area (Å²) in [6, 6.07) is 2.78. The first kappa shape index (κ1) is 20.0. The molecule has 0 bridgehead atoms. The summed E-state index contributed by atoms with van der Waals surface area (Å²) in [5.74, 6) is 0.500. The summed E-state index contributed by atoms with van der Waals surface area (Å²) in [4.78, 5) is 21.2. The number of alkyl halides is 1. The lowest BCUT2D eigenvalue weighted by Gasteiger charge is -2.27. The highest BCUT2D eigenvalue weighted by Gasteiger charge is 2.36. The van der Waals surface area contributed by atoms with Gasteiger partial charge in [0.2, 0.25) is 6.41 Å². The molecule has 158 valence electrons. The van der Waals surface area contributed by atoms with Crippen molar-refractivity contribution in [1.29, 1.82) is 0 Å². The number of halogens is 2. The number of pyridine rings is 1. The highest BCUT2D eigenvalue weighted by Crippen LogP contribution is 2.38. The van der Waals surface area contributed by atoms with Crippen LogP contribution in [0.15, 0.2) is 24.5 Å². The van der Waals surface area contributed by atoms with Gasteiger partial charge in [0.15, 0.2) is 11.5 Å². The molecule has 2 atom stereocenters. The molecule has 4 heterocycles. The number of aryl methyl sites for hydroxylation is 2. The van der Waals surface area contributed by atoms with E-state index in [1.807, 2.05) is 11.8 Å². The van der Waals surface area contributed by atoms with Crippen molar-refractivity contribution < 1.29 is 13.6 Å². The molecule has 1 saturated heterocycles. The minimum atomic E-state index is -1.07. The molecule has 1 aliphatic heterocycles. The number of carbonyl (C=O) groups is 1. The molecule has 0 saturated carbocycles. The number of hydrogen-bond donors (Lipinski definition) is 2. The summed E-state index contributed by atoms with van der Waals surface area (Å²) in [5, 5.41) is 6.80. The summed E-state index contributed by atoms with van der Waals surface area (Å²) in [5.41, 5.74) is 8.57. The topological polar surface area (TPSA) is 101 Å². The number of anilines is 2. The van der Waals surface area contributed by atoms with Crippen molar-refractivity contribution in [2.75, 3.05) is 23.7 Å². The van der Waals surface area contributed by atoms with Crippen LogP contribution in [-0.4, -0.2) is 45.3 Å². The van der Waals surface area contributed by atoms with E-state index in [1.54, 1.807) is 16.8 Å². The van der Waals surface area contributed by atoms with Gasteiger partial charge in [-0.2, -0.15) is 0 Å². The second-order valence-electron chi connectivity index (χ2n) is 7.43. The highest BCUT2D eigenvalue weighted by molar-refractivity contribution is 5.61. The average molecular weight is 415 g/mol. The summed E-state index contributed by atoms with van der Waals surface area (Å²) in [7, 11) is 0. The Balaban J connectivity index is 1.69. The van der Waals surface area contributed by atoms with Gasteiger partial charge in [-0.3, -0.25) is 9.78 Å². The number of nitrogens with two attached hydrogens (primary N) is 1. The standard InChI is InChI=1S/C20H23F2N7O/c1-12-19(23)27-29-6-4-18(26-20(12)29)28-10-14(22)8-17(28)15-7-13(21)9-25-16(15)3-2-5-24-11-30/h4,6-7,9,11,14,17H,2-3,5,8,10H2,1H3,(H2,23,27)(H,24,30)/t14-,17?/m0/s1. The van der Waals surface area contributed by atoms with Crippen LogP contribution in [0.1, 0.15) is 35.7 Å². The quantitative estimate of drug-likeness (QED) is 0.453. The number of hydrogen-bond acceptors (Lipinski definition) is 6. The van der Waals surface area contributed by atoms with Crippen LogP contribution in [0.2, 0.25) is 0 Å². The summed E-state index contributed by atoms with van der Waals surface area (Å²) >= 11 is 0. The minimum Gasteiger partial charge on any atom is -0.382 e. The molecule has 30 heavy (non-hydrogen) atoms. The van der Waals surface area contributed by atoms with E-state index in [0.717, 1.165) is 5.56 Å². The van der Waals surface area contributed by atoms with Gasteiger partial charge in [0.05, 0.1) is 18.8 Å². The molecule has 3 aromatic heterocycles. The Morgan fingerprint density at radius 1 is 1.43 bits per heavy atom. The first-order valence-electron chi connectivity index (χ1n) is 9.81. The highest BCUT2D eigenvalue weighted by atomic mass is 19.1. The molecular weight excluding hydrogens is 392 g/mol. The molecule has 0 spiro atoms. The molecular formula is C20H23F2N7O. The van der Waals surface area contributed by atoms with Gasteiger partial charge in [0.25, 0.3) is 0 Å². The maximum atomic E-state index is 14.5. The van der Waals surface area contributed by atoms with E-state index in [4.69, 9.17) is 5.73 Å². The maximum absolute atomic E-state index is 14.5. The van der Waals surface area contributed by atoms with Crippen molar-refractivity contribution >= 4 is 23.7 Å². The molecule has 3 aromatic rings. The minimum absolute atomic E-state index is 0.152. The van der Waals surface area contributed by atoms with Crippen molar-refractivity contribution in [2.45, 2.75) is 38.4 Å². The van der Waals surface area contributed by atoms with E-state index in [1.165, 1.54) is 12.3 Å². The van der Waals surface area contributed by atoms with Crippen LogP contribution >= 0.6 is 0 Å². The molecule has 1 aliphatic rings. The molecule has 1 fully saturated rings. The van der Waals surface area contributed by atoms with E-state index in [0.29, 0.717) is 54.3 Å². The van der Waals surface area contributed by atoms with Crippen LogP contribution in [0.25, 0.3) is 5.65 Å². The Bertz CT molecular complexity index is 1070. The zero-order chi connectivity index (χ0) is 21.3. The fourth-order valence-corrected chi connectivity index (χ4v) is 3.94. The molecule has 8 nitrogen and oxygen atoms in total. The first-order chi connectivity index (χ1) is 14.5. The molecule has 1 unspecified atom stereocenters. The summed E-state index contributed by atoms with van der Waals surface area (Å²) in [6.07, 6.45) is 3.88. The number of rotatable bonds is 7. The van der Waals surface area contributed by atoms with Gasteiger partial charge >= 0.3 is 0 Å². The normalized spacial score (nSPS) is 18.8. The lowest BCUT2D eigenvalue weighted by atomic mass is 9.99. The Morgan fingerprint density at radius 2 is 2.27 bits per heavy atom. The monoisotopic (exact) mass is 415 g/mol. The zero-order valence-electron chi connectivity index (χ0n) is 16.6. The number of amides is 1. The molecule has 4 rings (SSSR count). The summed E-state index contributed by atoms with van der Waals surface area (Å²) in [6.45, 7) is 2.47. The number of fused-ring (bicyclic) bond motifs is 1. The SMILES string of the molecule is Cc1c(N)nn2ccc(N3C[C@@H](F)CC3c3cc(F)cnc3CCCNC=O)nc12. The van der Waals surface area contributed by atoms with Crippen molar-refractivity contribution in [2.24, 2.45) is 0 Å². The van der Waals surface area contributed by atoms with Crippen LogP contribution in [0.4, 0.5) is 20.4 Å². The van der Waals surface area contributed by atoms with Crippen LogP contribution in [-0.2, 0) is 11.2 Å². The number of nitrogens with one attached hydrogen (secondary N) is 1. The van der Waals surface area contributed by atoms with Gasteiger partial charge in [0, 0.05) is 30.4 Å². The number of nitrogen functional groups attached to an aromatic ring is 1. The summed E-state index contributed by atoms with van der Waals surface area (Å²) < 4.78 is 30.2. The third-order valence-electron chi connectivity index (χ3n) is 5.43. The fraction of sp³-hybridized carbons (Fsp3) is 0.400. The lowest BCUT2D eigenvalue weighted by Crippen LogP contribution is -2.26. The van der Waals surface area contributed by atoms with Gasteiger partial charge in [0.1, 0.15) is 17.8 Å². The van der Waals surface area contributed by atoms with Crippen molar-refractivity contribution in [1.82, 2.24) is 24.9 Å². The van der Waals surface area contributed by atoms with Crippen molar-refractivity contribution in [3.63, 3.8) is 0 Å². The predicted octanol–water partition coefficient (Wildman–Crippen LogP) is 2.12. The Kier molecular flexibility index (Phi) is 5.47. The van der Waals surface area contributed by atoms with E-state index in [-0.39, 0.29) is 13.0 Å². The Labute approximate surface area is 172 Å². The van der Waals surface area contributed by atoms with Gasteiger partial charge < -0.3 is 16.0 Å². The number of aromatic nitrogens is 4. The number of nitrogens with zero attached hydrogens (tertiary/aromatic N) is 5. The molecule has 0 aromatic carbocycles. The Morgan fingerprint density at radius 3 is 3.07 bits per heavy atom. The molecule has 0 aliphatic carbocycles. The lowest BCUT2D eigenvalue weighted by molar-refractivity contribution is -0.109. The predicted molar refractivity (Wildman–Crippen MR) is 108 cm³/mol. The average Bonchev–Trinajstić information content (AvgIpc) is 3.25. The van der Waals surface area contributed by atoms with Crippen LogP contribution in [0, 0.1) is 12.7 Å². The van der Waals surface area contributed by atoms with E-state index in [9.17, 15) is 13.6 Å². The Hall–Kier alpha value is -3.30. The van der Waals surface area contributed by atoms with Gasteiger partial charge in [-0.05, 0) is 37.5 Å². The fourth-order valence-electron chi connectivity index (χ4n) is 3.94. The van der Waals surface area contributed by atoms with E-state index >= 15 is 0 Å². The molecule has 3 N–H and O–H groups in total. The second-order valence-corrected chi connectivity index (χ2v) is 7.43.